The van der Waals surface area contributed by atoms with Crippen molar-refractivity contribution < 1.29 is 22.7 Å². The predicted octanol–water partition coefficient (Wildman–Crippen LogP) is 7.53. The second kappa shape index (κ2) is 9.22. The fraction of sp³-hybridized carbons (Fsp3) is 0.577. The van der Waals surface area contributed by atoms with Gasteiger partial charge in [-0.2, -0.15) is 0 Å². The lowest BCUT2D eigenvalue weighted by Crippen LogP contribution is -2.30. The van der Waals surface area contributed by atoms with Crippen LogP contribution in [0.25, 0.3) is 10.8 Å². The van der Waals surface area contributed by atoms with Gasteiger partial charge >= 0.3 is 5.97 Å². The summed E-state index contributed by atoms with van der Waals surface area (Å²) in [6.45, 7) is 2.24. The van der Waals surface area contributed by atoms with Crippen LogP contribution in [-0.2, 0) is 4.74 Å². The van der Waals surface area contributed by atoms with Crippen molar-refractivity contribution in [3.63, 3.8) is 0 Å². The lowest BCUT2D eigenvalue weighted by molar-refractivity contribution is 0.0594. The standard InChI is InChI=1S/C26H31F3O2/c1-3-4-5-15-6-7-17-13-18(9-8-16(17)12-15)20-11-10-19-14-21(26(30)31-2)24(28)25(29)22(19)23(20)27/h10-11,14-18H,3-9,12-13H2,1-2H3. The number of fused-ring (bicyclic) bond motifs is 2. The van der Waals surface area contributed by atoms with Crippen molar-refractivity contribution in [2.45, 2.75) is 70.6 Å². The third-order valence-electron chi connectivity index (χ3n) is 7.69. The van der Waals surface area contributed by atoms with E-state index in [1.165, 1.54) is 44.6 Å². The summed E-state index contributed by atoms with van der Waals surface area (Å²) in [5, 5.41) is -0.196. The highest BCUT2D eigenvalue weighted by Gasteiger charge is 2.37. The summed E-state index contributed by atoms with van der Waals surface area (Å²) in [6.07, 6.45) is 10.5. The maximum absolute atomic E-state index is 15.4. The highest BCUT2D eigenvalue weighted by molar-refractivity contribution is 5.96. The second-order valence-electron chi connectivity index (χ2n) is 9.46. The smallest absolute Gasteiger partial charge is 0.340 e. The molecule has 5 heteroatoms. The molecule has 0 amide bonds. The Morgan fingerprint density at radius 3 is 2.48 bits per heavy atom. The number of rotatable bonds is 5. The maximum atomic E-state index is 15.4. The number of unbranched alkanes of at least 4 members (excludes halogenated alkanes) is 1. The van der Waals surface area contributed by atoms with E-state index < -0.39 is 29.0 Å². The van der Waals surface area contributed by atoms with Gasteiger partial charge in [0.1, 0.15) is 5.82 Å². The summed E-state index contributed by atoms with van der Waals surface area (Å²) in [7, 11) is 1.10. The third-order valence-corrected chi connectivity index (χ3v) is 7.69. The molecule has 168 valence electrons. The fourth-order valence-electron chi connectivity index (χ4n) is 5.99. The van der Waals surface area contributed by atoms with E-state index in [2.05, 4.69) is 11.7 Å². The first-order valence-corrected chi connectivity index (χ1v) is 11.6. The topological polar surface area (TPSA) is 26.3 Å². The molecule has 4 atom stereocenters. The number of methoxy groups -OCH3 is 1. The number of ether oxygens (including phenoxy) is 1. The molecular formula is C26H31F3O2. The van der Waals surface area contributed by atoms with Gasteiger partial charge < -0.3 is 4.74 Å². The maximum Gasteiger partial charge on any atom is 0.340 e. The van der Waals surface area contributed by atoms with Crippen LogP contribution >= 0.6 is 0 Å². The van der Waals surface area contributed by atoms with Crippen LogP contribution in [-0.4, -0.2) is 13.1 Å². The zero-order chi connectivity index (χ0) is 22.1. The lowest BCUT2D eigenvalue weighted by Gasteiger charge is -2.42. The molecule has 4 unspecified atom stereocenters. The van der Waals surface area contributed by atoms with Gasteiger partial charge in [0.15, 0.2) is 11.6 Å². The number of halogens is 3. The molecular weight excluding hydrogens is 401 g/mol. The fourth-order valence-corrected chi connectivity index (χ4v) is 5.99. The van der Waals surface area contributed by atoms with E-state index in [0.29, 0.717) is 17.4 Å². The molecule has 31 heavy (non-hydrogen) atoms. The molecule has 0 bridgehead atoms. The van der Waals surface area contributed by atoms with Crippen LogP contribution in [0.4, 0.5) is 13.2 Å². The van der Waals surface area contributed by atoms with Crippen molar-refractivity contribution in [2.75, 3.05) is 7.11 Å². The Balaban J connectivity index is 1.58. The normalized spacial score (nSPS) is 26.0. The second-order valence-corrected chi connectivity index (χ2v) is 9.46. The van der Waals surface area contributed by atoms with Crippen molar-refractivity contribution in [3.8, 4) is 0 Å². The van der Waals surface area contributed by atoms with Gasteiger partial charge in [-0.1, -0.05) is 44.7 Å². The molecule has 0 spiro atoms. The largest absolute Gasteiger partial charge is 0.465 e. The van der Waals surface area contributed by atoms with E-state index in [1.54, 1.807) is 12.1 Å². The first-order valence-electron chi connectivity index (χ1n) is 11.6. The highest BCUT2D eigenvalue weighted by atomic mass is 19.2. The molecule has 0 aromatic heterocycles. The van der Waals surface area contributed by atoms with Gasteiger partial charge in [-0.05, 0) is 72.8 Å². The number of carbonyl (C=O) groups excluding carboxylic acids is 1. The Labute approximate surface area is 182 Å². The van der Waals surface area contributed by atoms with E-state index >= 15 is 4.39 Å². The molecule has 2 aromatic rings. The van der Waals surface area contributed by atoms with Crippen LogP contribution in [0.5, 0.6) is 0 Å². The Hall–Kier alpha value is -2.04. The Bertz CT molecular complexity index is 971. The van der Waals surface area contributed by atoms with Crippen molar-refractivity contribution in [3.05, 3.63) is 46.8 Å². The average Bonchev–Trinajstić information content (AvgIpc) is 2.79. The van der Waals surface area contributed by atoms with E-state index in [-0.39, 0.29) is 16.7 Å². The molecule has 0 N–H and O–H groups in total. The summed E-state index contributed by atoms with van der Waals surface area (Å²) >= 11 is 0. The molecule has 0 radical (unpaired) electrons. The molecule has 2 aliphatic carbocycles. The predicted molar refractivity (Wildman–Crippen MR) is 116 cm³/mol. The lowest BCUT2D eigenvalue weighted by atomic mass is 9.63. The van der Waals surface area contributed by atoms with E-state index in [1.807, 2.05) is 0 Å². The molecule has 0 saturated heterocycles. The number of hydrogen-bond donors (Lipinski definition) is 0. The molecule has 2 fully saturated rings. The summed E-state index contributed by atoms with van der Waals surface area (Å²) in [5.74, 6) is -2.17. The van der Waals surface area contributed by atoms with Gasteiger partial charge in [-0.15, -0.1) is 0 Å². The van der Waals surface area contributed by atoms with Crippen LogP contribution < -0.4 is 0 Å². The van der Waals surface area contributed by atoms with E-state index in [9.17, 15) is 13.6 Å². The Kier molecular flexibility index (Phi) is 6.59. The summed E-state index contributed by atoms with van der Waals surface area (Å²) < 4.78 is 49.1. The summed E-state index contributed by atoms with van der Waals surface area (Å²) in [4.78, 5) is 11.7. The minimum Gasteiger partial charge on any atom is -0.465 e. The summed E-state index contributed by atoms with van der Waals surface area (Å²) in [5.41, 5.74) is -0.0387. The molecule has 0 aliphatic heterocycles. The summed E-state index contributed by atoms with van der Waals surface area (Å²) in [6, 6.07) is 4.45. The minimum atomic E-state index is -1.36. The number of esters is 1. The zero-order valence-corrected chi connectivity index (χ0v) is 18.4. The van der Waals surface area contributed by atoms with E-state index in [0.717, 1.165) is 32.3 Å². The minimum absolute atomic E-state index is 0.0283. The average molecular weight is 433 g/mol. The molecule has 4 rings (SSSR count). The Morgan fingerprint density at radius 2 is 1.74 bits per heavy atom. The molecule has 2 saturated carbocycles. The van der Waals surface area contributed by atoms with Crippen LogP contribution in [0, 0.1) is 35.2 Å². The molecule has 2 aromatic carbocycles. The highest BCUT2D eigenvalue weighted by Crippen LogP contribution is 2.49. The van der Waals surface area contributed by atoms with Gasteiger partial charge in [-0.25, -0.2) is 18.0 Å². The zero-order valence-electron chi connectivity index (χ0n) is 18.4. The third kappa shape index (κ3) is 4.20. The van der Waals surface area contributed by atoms with Crippen LogP contribution in [0.3, 0.4) is 0 Å². The van der Waals surface area contributed by atoms with E-state index in [4.69, 9.17) is 0 Å². The van der Waals surface area contributed by atoms with Gasteiger partial charge in [0, 0.05) is 0 Å². The van der Waals surface area contributed by atoms with Gasteiger partial charge in [0.05, 0.1) is 18.1 Å². The van der Waals surface area contributed by atoms with Crippen molar-refractivity contribution >= 4 is 16.7 Å². The molecule has 2 aliphatic rings. The van der Waals surface area contributed by atoms with Crippen molar-refractivity contribution in [1.29, 1.82) is 0 Å². The quantitative estimate of drug-likeness (QED) is 0.456. The molecule has 0 heterocycles. The SMILES string of the molecule is CCCCC1CCC2CC(c3ccc4cc(C(=O)OC)c(F)c(F)c4c3F)CCC2C1. The van der Waals surface area contributed by atoms with Crippen LogP contribution in [0.1, 0.15) is 86.6 Å². The van der Waals surface area contributed by atoms with Crippen LogP contribution in [0.2, 0.25) is 0 Å². The van der Waals surface area contributed by atoms with Gasteiger partial charge in [0.25, 0.3) is 0 Å². The number of benzene rings is 2. The van der Waals surface area contributed by atoms with Crippen molar-refractivity contribution in [2.24, 2.45) is 17.8 Å². The first-order chi connectivity index (χ1) is 14.9. The first kappa shape index (κ1) is 22.2. The monoisotopic (exact) mass is 432 g/mol. The van der Waals surface area contributed by atoms with Gasteiger partial charge in [0.2, 0.25) is 0 Å². The Morgan fingerprint density at radius 1 is 1.00 bits per heavy atom. The van der Waals surface area contributed by atoms with Gasteiger partial charge in [-0.3, -0.25) is 0 Å². The van der Waals surface area contributed by atoms with Crippen LogP contribution in [0.15, 0.2) is 18.2 Å². The number of hydrogen-bond acceptors (Lipinski definition) is 2. The number of carbonyl (C=O) groups is 1. The van der Waals surface area contributed by atoms with Crippen molar-refractivity contribution in [1.82, 2.24) is 0 Å². The molecule has 2 nitrogen and oxygen atoms in total.